The van der Waals surface area contributed by atoms with Crippen molar-refractivity contribution in [1.82, 2.24) is 9.88 Å². The van der Waals surface area contributed by atoms with E-state index >= 15 is 0 Å². The summed E-state index contributed by atoms with van der Waals surface area (Å²) in [6.45, 7) is 7.31. The monoisotopic (exact) mass is 411 g/mol. The lowest BCUT2D eigenvalue weighted by Gasteiger charge is -2.29. The predicted octanol–water partition coefficient (Wildman–Crippen LogP) is 3.15. The normalized spacial score (nSPS) is 15.9. The van der Waals surface area contributed by atoms with Crippen LogP contribution >= 0.6 is 12.2 Å². The van der Waals surface area contributed by atoms with E-state index in [0.29, 0.717) is 18.8 Å². The molecular formula is C22H25N3O3S. The van der Waals surface area contributed by atoms with Crippen LogP contribution in [0.25, 0.3) is 6.08 Å². The van der Waals surface area contributed by atoms with Crippen LogP contribution < -0.4 is 10.2 Å². The van der Waals surface area contributed by atoms with Gasteiger partial charge in [-0.1, -0.05) is 19.1 Å². The van der Waals surface area contributed by atoms with Gasteiger partial charge in [0.25, 0.3) is 11.8 Å². The Labute approximate surface area is 176 Å². The summed E-state index contributed by atoms with van der Waals surface area (Å²) in [5.74, 6) is -0.909. The highest BCUT2D eigenvalue weighted by molar-refractivity contribution is 7.80. The van der Waals surface area contributed by atoms with E-state index in [1.54, 1.807) is 13.2 Å². The molecule has 1 N–H and O–H groups in total. The molecule has 1 saturated heterocycles. The largest absolute Gasteiger partial charge is 0.383 e. The first-order valence-electron chi connectivity index (χ1n) is 9.53. The lowest BCUT2D eigenvalue weighted by atomic mass is 10.1. The van der Waals surface area contributed by atoms with Crippen molar-refractivity contribution in [2.24, 2.45) is 0 Å². The highest BCUT2D eigenvalue weighted by atomic mass is 32.1. The number of carbonyl (C=O) groups is 2. The second-order valence-electron chi connectivity index (χ2n) is 6.95. The van der Waals surface area contributed by atoms with Crippen LogP contribution in [0.3, 0.4) is 0 Å². The highest BCUT2D eigenvalue weighted by Crippen LogP contribution is 2.24. The third-order valence-corrected chi connectivity index (χ3v) is 5.42. The molecule has 1 aromatic heterocycles. The predicted molar refractivity (Wildman–Crippen MR) is 118 cm³/mol. The molecule has 3 rings (SSSR count). The third kappa shape index (κ3) is 4.16. The van der Waals surface area contributed by atoms with Gasteiger partial charge in [0.2, 0.25) is 0 Å². The first-order chi connectivity index (χ1) is 13.9. The van der Waals surface area contributed by atoms with E-state index in [4.69, 9.17) is 17.0 Å². The number of nitrogens with zero attached hydrogens (tertiary/aromatic N) is 2. The van der Waals surface area contributed by atoms with E-state index < -0.39 is 11.8 Å². The van der Waals surface area contributed by atoms with Crippen molar-refractivity contribution >= 4 is 40.9 Å². The molecule has 2 heterocycles. The molecule has 0 atom stereocenters. The Morgan fingerprint density at radius 2 is 1.86 bits per heavy atom. The summed E-state index contributed by atoms with van der Waals surface area (Å²) in [6.07, 6.45) is 2.54. The van der Waals surface area contributed by atoms with E-state index in [2.05, 4.69) is 16.8 Å². The fraction of sp³-hybridized carbons (Fsp3) is 0.318. The molecular weight excluding hydrogens is 386 g/mol. The van der Waals surface area contributed by atoms with Gasteiger partial charge in [0.05, 0.1) is 12.3 Å². The highest BCUT2D eigenvalue weighted by Gasteiger charge is 2.34. The fourth-order valence-electron chi connectivity index (χ4n) is 3.43. The van der Waals surface area contributed by atoms with Crippen LogP contribution in [0.4, 0.5) is 5.69 Å². The van der Waals surface area contributed by atoms with Crippen LogP contribution in [-0.2, 0) is 27.3 Å². The molecule has 2 aromatic rings. The number of aryl methyl sites for hydroxylation is 2. The van der Waals surface area contributed by atoms with E-state index in [1.165, 1.54) is 4.90 Å². The summed E-state index contributed by atoms with van der Waals surface area (Å²) < 4.78 is 7.27. The molecule has 0 unspecified atom stereocenters. The van der Waals surface area contributed by atoms with Gasteiger partial charge in [0.1, 0.15) is 5.57 Å². The number of methoxy groups -OCH3 is 1. The molecule has 0 radical (unpaired) electrons. The first-order valence-corrected chi connectivity index (χ1v) is 9.94. The van der Waals surface area contributed by atoms with Gasteiger partial charge in [-0.25, -0.2) is 0 Å². The van der Waals surface area contributed by atoms with Crippen LogP contribution in [-0.4, -0.2) is 35.2 Å². The van der Waals surface area contributed by atoms with E-state index in [-0.39, 0.29) is 10.7 Å². The Hall–Kier alpha value is -2.77. The number of aromatic nitrogens is 1. The SMILES string of the molecule is CCc1ccc(N2C(=O)/C(=C/c3cc(C)n(CCOC)c3C)C(=O)NC2=S)cc1. The smallest absolute Gasteiger partial charge is 0.270 e. The summed E-state index contributed by atoms with van der Waals surface area (Å²) in [5.41, 5.74) is 4.69. The average molecular weight is 412 g/mol. The van der Waals surface area contributed by atoms with Crippen LogP contribution in [0.15, 0.2) is 35.9 Å². The Bertz CT molecular complexity index is 989. The molecule has 1 aliphatic heterocycles. The quantitative estimate of drug-likeness (QED) is 0.451. The van der Waals surface area contributed by atoms with Crippen LogP contribution in [0.1, 0.15) is 29.4 Å². The number of ether oxygens (including phenoxy) is 1. The third-order valence-electron chi connectivity index (χ3n) is 5.14. The number of rotatable bonds is 6. The zero-order valence-electron chi connectivity index (χ0n) is 17.1. The zero-order chi connectivity index (χ0) is 21.1. The first kappa shape index (κ1) is 21.0. The Balaban J connectivity index is 1.97. The van der Waals surface area contributed by atoms with Crippen molar-refractivity contribution < 1.29 is 14.3 Å². The van der Waals surface area contributed by atoms with Gasteiger partial charge in [0.15, 0.2) is 5.11 Å². The number of benzene rings is 1. The van der Waals surface area contributed by atoms with Crippen LogP contribution in [0.2, 0.25) is 0 Å². The van der Waals surface area contributed by atoms with Gasteiger partial charge >= 0.3 is 0 Å². The maximum absolute atomic E-state index is 13.2. The standard InChI is InChI=1S/C22H25N3O3S/c1-5-16-6-8-18(9-7-16)25-21(27)19(20(26)23-22(25)29)13-17-12-14(2)24(15(17)3)10-11-28-4/h6-9,12-13H,5,10-11H2,1-4H3,(H,23,26,29)/b19-13+. The lowest BCUT2D eigenvalue weighted by Crippen LogP contribution is -2.54. The van der Waals surface area contributed by atoms with Gasteiger partial charge in [-0.3, -0.25) is 19.8 Å². The summed E-state index contributed by atoms with van der Waals surface area (Å²) >= 11 is 5.27. The fourth-order valence-corrected chi connectivity index (χ4v) is 3.71. The summed E-state index contributed by atoms with van der Waals surface area (Å²) in [7, 11) is 1.66. The van der Waals surface area contributed by atoms with Crippen molar-refractivity contribution in [2.45, 2.75) is 33.7 Å². The van der Waals surface area contributed by atoms with Crippen molar-refractivity contribution in [3.8, 4) is 0 Å². The molecule has 1 aromatic carbocycles. The molecule has 7 heteroatoms. The molecule has 1 fully saturated rings. The van der Waals surface area contributed by atoms with E-state index in [9.17, 15) is 9.59 Å². The molecule has 0 saturated carbocycles. The second-order valence-corrected chi connectivity index (χ2v) is 7.34. The van der Waals surface area contributed by atoms with Crippen LogP contribution in [0.5, 0.6) is 0 Å². The number of thiocarbonyl (C=S) groups is 1. The molecule has 0 bridgehead atoms. The number of hydrogen-bond donors (Lipinski definition) is 1. The molecule has 2 amide bonds. The van der Waals surface area contributed by atoms with E-state index in [1.807, 2.05) is 44.2 Å². The molecule has 0 spiro atoms. The van der Waals surface area contributed by atoms with Gasteiger partial charge < -0.3 is 9.30 Å². The number of hydrogen-bond acceptors (Lipinski definition) is 4. The van der Waals surface area contributed by atoms with Gasteiger partial charge in [-0.2, -0.15) is 0 Å². The van der Waals surface area contributed by atoms with Crippen molar-refractivity contribution in [2.75, 3.05) is 18.6 Å². The van der Waals surface area contributed by atoms with Gasteiger partial charge in [-0.05, 0) is 67.9 Å². The average Bonchev–Trinajstić information content (AvgIpc) is 2.96. The minimum atomic E-state index is -0.483. The Morgan fingerprint density at radius 3 is 2.48 bits per heavy atom. The number of nitrogens with one attached hydrogen (secondary N) is 1. The Morgan fingerprint density at radius 1 is 1.17 bits per heavy atom. The minimum absolute atomic E-state index is 0.0603. The van der Waals surface area contributed by atoms with E-state index in [0.717, 1.165) is 28.9 Å². The molecule has 1 aliphatic rings. The van der Waals surface area contributed by atoms with Gasteiger partial charge in [0, 0.05) is 25.0 Å². The number of anilines is 1. The molecule has 152 valence electrons. The molecule has 6 nitrogen and oxygen atoms in total. The number of carbonyl (C=O) groups excluding carboxylic acids is 2. The van der Waals surface area contributed by atoms with Crippen molar-refractivity contribution in [3.05, 3.63) is 58.4 Å². The van der Waals surface area contributed by atoms with Crippen LogP contribution in [0, 0.1) is 13.8 Å². The van der Waals surface area contributed by atoms with Crippen molar-refractivity contribution in [3.63, 3.8) is 0 Å². The maximum atomic E-state index is 13.2. The summed E-state index contributed by atoms with van der Waals surface area (Å²) in [6, 6.07) is 9.55. The summed E-state index contributed by atoms with van der Waals surface area (Å²) in [5, 5.41) is 2.72. The lowest BCUT2D eigenvalue weighted by molar-refractivity contribution is -0.122. The minimum Gasteiger partial charge on any atom is -0.383 e. The Kier molecular flexibility index (Phi) is 6.30. The molecule has 0 aliphatic carbocycles. The number of amides is 2. The van der Waals surface area contributed by atoms with Crippen molar-refractivity contribution in [1.29, 1.82) is 0 Å². The van der Waals surface area contributed by atoms with Gasteiger partial charge in [-0.15, -0.1) is 0 Å². The topological polar surface area (TPSA) is 63.6 Å². The molecule has 29 heavy (non-hydrogen) atoms. The zero-order valence-corrected chi connectivity index (χ0v) is 17.9. The summed E-state index contributed by atoms with van der Waals surface area (Å²) in [4.78, 5) is 27.1. The second kappa shape index (κ2) is 8.71. The maximum Gasteiger partial charge on any atom is 0.270 e.